The van der Waals surface area contributed by atoms with E-state index in [0.717, 1.165) is 50.3 Å². The zero-order valence-corrected chi connectivity index (χ0v) is 24.6. The molecule has 4 heterocycles. The number of furan rings is 1. The lowest BCUT2D eigenvalue weighted by Crippen LogP contribution is -2.03. The molecule has 4 heteroatoms. The molecule has 0 atom stereocenters. The fourth-order valence-electron chi connectivity index (χ4n) is 7.68. The summed E-state index contributed by atoms with van der Waals surface area (Å²) in [6, 6.07) is 51.8. The summed E-state index contributed by atoms with van der Waals surface area (Å²) in [5.74, 6) is 1.77. The third kappa shape index (κ3) is 3.12. The minimum atomic E-state index is 0.880. The molecule has 0 N–H and O–H groups in total. The predicted molar refractivity (Wildman–Crippen MR) is 188 cm³/mol. The highest BCUT2D eigenvalue weighted by molar-refractivity contribution is 6.14. The lowest BCUT2D eigenvalue weighted by molar-refractivity contribution is 0.476. The van der Waals surface area contributed by atoms with E-state index in [-0.39, 0.29) is 0 Å². The Hall–Kier alpha value is -6.26. The molecule has 46 heavy (non-hydrogen) atoms. The highest BCUT2D eigenvalue weighted by atomic mass is 16.5. The minimum Gasteiger partial charge on any atom is -0.456 e. The fourth-order valence-corrected chi connectivity index (χ4v) is 7.68. The van der Waals surface area contributed by atoms with Crippen LogP contribution in [0.25, 0.3) is 88.1 Å². The van der Waals surface area contributed by atoms with Gasteiger partial charge in [0.2, 0.25) is 0 Å². The summed E-state index contributed by atoms with van der Waals surface area (Å²) in [6.45, 7) is 0. The normalized spacial score (nSPS) is 12.5. The van der Waals surface area contributed by atoms with Crippen molar-refractivity contribution in [2.75, 3.05) is 0 Å². The average Bonchev–Trinajstić information content (AvgIpc) is 3.76. The van der Waals surface area contributed by atoms with Crippen LogP contribution >= 0.6 is 0 Å². The van der Waals surface area contributed by atoms with Gasteiger partial charge in [0.05, 0.1) is 27.8 Å². The smallest absolute Gasteiger partial charge is 0.152 e. The average molecular weight is 589 g/mol. The van der Waals surface area contributed by atoms with E-state index in [2.05, 4.69) is 130 Å². The molecular formula is C42H24N2O2. The second-order valence-electron chi connectivity index (χ2n) is 12.2. The standard InChI is InChI=1S/C42H24N2O2/c1-3-11-34-28(8-1)32-22-25(16-20-35(32)43(34)27-18-19-30-29-9-2-5-13-38(29)45-41(30)24-27)26-17-21-36-33(23-26)31-10-7-15-40-42(31)44(36)37-12-4-6-14-39(37)46-40/h1-24H. The Morgan fingerprint density at radius 2 is 1.04 bits per heavy atom. The van der Waals surface area contributed by atoms with Crippen LogP contribution in [-0.4, -0.2) is 9.13 Å². The summed E-state index contributed by atoms with van der Waals surface area (Å²) in [6.07, 6.45) is 0. The van der Waals surface area contributed by atoms with Gasteiger partial charge in [-0.25, -0.2) is 0 Å². The molecule has 0 aliphatic carbocycles. The molecule has 214 valence electrons. The first-order chi connectivity index (χ1) is 22.8. The number of hydrogen-bond donors (Lipinski definition) is 0. The van der Waals surface area contributed by atoms with Gasteiger partial charge in [0.1, 0.15) is 11.2 Å². The van der Waals surface area contributed by atoms with E-state index in [4.69, 9.17) is 9.15 Å². The van der Waals surface area contributed by atoms with Gasteiger partial charge in [0.25, 0.3) is 0 Å². The molecule has 0 fully saturated rings. The molecule has 1 aliphatic heterocycles. The van der Waals surface area contributed by atoms with Crippen LogP contribution in [-0.2, 0) is 0 Å². The highest BCUT2D eigenvalue weighted by Crippen LogP contribution is 2.46. The molecule has 10 aromatic rings. The molecule has 0 radical (unpaired) electrons. The van der Waals surface area contributed by atoms with E-state index in [1.165, 1.54) is 49.2 Å². The second kappa shape index (κ2) is 8.68. The molecular weight excluding hydrogens is 564 g/mol. The zero-order chi connectivity index (χ0) is 29.9. The van der Waals surface area contributed by atoms with E-state index in [1.54, 1.807) is 0 Å². The van der Waals surface area contributed by atoms with Gasteiger partial charge in [0, 0.05) is 44.1 Å². The van der Waals surface area contributed by atoms with Crippen molar-refractivity contribution in [3.05, 3.63) is 146 Å². The van der Waals surface area contributed by atoms with Crippen molar-refractivity contribution in [1.29, 1.82) is 0 Å². The van der Waals surface area contributed by atoms with Gasteiger partial charge in [-0.1, -0.05) is 72.8 Å². The van der Waals surface area contributed by atoms with Crippen molar-refractivity contribution < 1.29 is 9.15 Å². The van der Waals surface area contributed by atoms with E-state index >= 15 is 0 Å². The fraction of sp³-hybridized carbons (Fsp3) is 0. The van der Waals surface area contributed by atoms with Crippen LogP contribution in [0.5, 0.6) is 11.5 Å². The van der Waals surface area contributed by atoms with Crippen molar-refractivity contribution >= 4 is 65.6 Å². The number of nitrogens with zero attached hydrogens (tertiary/aromatic N) is 2. The molecule has 0 unspecified atom stereocenters. The molecule has 0 bridgehead atoms. The summed E-state index contributed by atoms with van der Waals surface area (Å²) in [5, 5.41) is 7.15. The predicted octanol–water partition coefficient (Wildman–Crippen LogP) is 11.6. The van der Waals surface area contributed by atoms with Crippen molar-refractivity contribution in [3.63, 3.8) is 0 Å². The maximum absolute atomic E-state index is 6.33. The summed E-state index contributed by atoms with van der Waals surface area (Å²) in [7, 11) is 0. The van der Waals surface area contributed by atoms with Crippen molar-refractivity contribution in [3.8, 4) is 34.0 Å². The molecule has 11 rings (SSSR count). The van der Waals surface area contributed by atoms with Gasteiger partial charge < -0.3 is 18.3 Å². The summed E-state index contributed by atoms with van der Waals surface area (Å²) in [5.41, 5.74) is 11.0. The number of hydrogen-bond acceptors (Lipinski definition) is 2. The third-order valence-electron chi connectivity index (χ3n) is 9.70. The van der Waals surface area contributed by atoms with Gasteiger partial charge in [-0.15, -0.1) is 0 Å². The number of aromatic nitrogens is 2. The largest absolute Gasteiger partial charge is 0.456 e. The Balaban J connectivity index is 1.11. The van der Waals surface area contributed by atoms with E-state index < -0.39 is 0 Å². The Labute approximate surface area is 262 Å². The Morgan fingerprint density at radius 3 is 1.93 bits per heavy atom. The van der Waals surface area contributed by atoms with Crippen LogP contribution in [0.3, 0.4) is 0 Å². The lowest BCUT2D eigenvalue weighted by atomic mass is 10.0. The summed E-state index contributed by atoms with van der Waals surface area (Å²) >= 11 is 0. The lowest BCUT2D eigenvalue weighted by Gasteiger charge is -2.20. The van der Waals surface area contributed by atoms with Gasteiger partial charge in [0.15, 0.2) is 11.5 Å². The Morgan fingerprint density at radius 1 is 0.391 bits per heavy atom. The monoisotopic (exact) mass is 588 g/mol. The van der Waals surface area contributed by atoms with Crippen LogP contribution < -0.4 is 4.74 Å². The SMILES string of the molecule is c1ccc2c(c1)Oc1cccc3c4cc(-c5ccc6c(c5)c5ccccc5n6-c5ccc6c(c5)oc5ccccc56)ccc4n-2c13. The van der Waals surface area contributed by atoms with Gasteiger partial charge in [-0.3, -0.25) is 0 Å². The van der Waals surface area contributed by atoms with Gasteiger partial charge in [-0.05, 0) is 77.9 Å². The van der Waals surface area contributed by atoms with Crippen LogP contribution in [0.1, 0.15) is 0 Å². The molecule has 0 amide bonds. The van der Waals surface area contributed by atoms with Crippen LogP contribution in [0, 0.1) is 0 Å². The Bertz CT molecular complexity index is 2900. The first-order valence-corrected chi connectivity index (χ1v) is 15.6. The maximum atomic E-state index is 6.33. The van der Waals surface area contributed by atoms with E-state index in [0.29, 0.717) is 0 Å². The number of fused-ring (bicyclic) bond motifs is 11. The second-order valence-corrected chi connectivity index (χ2v) is 12.2. The first kappa shape index (κ1) is 24.1. The van der Waals surface area contributed by atoms with Gasteiger partial charge >= 0.3 is 0 Å². The first-order valence-electron chi connectivity index (χ1n) is 15.6. The van der Waals surface area contributed by atoms with Crippen LogP contribution in [0.4, 0.5) is 0 Å². The topological polar surface area (TPSA) is 32.2 Å². The van der Waals surface area contributed by atoms with Crippen molar-refractivity contribution in [1.82, 2.24) is 9.13 Å². The maximum Gasteiger partial charge on any atom is 0.152 e. The molecule has 0 saturated heterocycles. The number of para-hydroxylation sites is 5. The summed E-state index contributed by atoms with van der Waals surface area (Å²) in [4.78, 5) is 0. The minimum absolute atomic E-state index is 0.880. The highest BCUT2D eigenvalue weighted by Gasteiger charge is 2.23. The van der Waals surface area contributed by atoms with Crippen LogP contribution in [0.2, 0.25) is 0 Å². The van der Waals surface area contributed by atoms with E-state index in [9.17, 15) is 0 Å². The molecule has 0 saturated carbocycles. The Kier molecular flexibility index (Phi) is 4.55. The molecule has 3 aromatic heterocycles. The zero-order valence-electron chi connectivity index (χ0n) is 24.6. The van der Waals surface area contributed by atoms with E-state index in [1.807, 2.05) is 24.3 Å². The number of benzene rings is 7. The molecule has 1 aliphatic rings. The molecule has 0 spiro atoms. The third-order valence-corrected chi connectivity index (χ3v) is 9.70. The van der Waals surface area contributed by atoms with Crippen LogP contribution in [0.15, 0.2) is 150 Å². The van der Waals surface area contributed by atoms with Crippen molar-refractivity contribution in [2.45, 2.75) is 0 Å². The molecule has 4 nitrogen and oxygen atoms in total. The van der Waals surface area contributed by atoms with Gasteiger partial charge in [-0.2, -0.15) is 0 Å². The summed E-state index contributed by atoms with van der Waals surface area (Å²) < 4.78 is 17.3. The number of ether oxygens (including phenoxy) is 1. The number of rotatable bonds is 2. The quantitative estimate of drug-likeness (QED) is 0.201. The van der Waals surface area contributed by atoms with Crippen molar-refractivity contribution in [2.24, 2.45) is 0 Å². The molecule has 7 aromatic carbocycles.